The molecule has 2 rings (SSSR count). The molecule has 4 nitrogen and oxygen atoms in total. The Hall–Kier alpha value is -1.97. The smallest absolute Gasteiger partial charge is 0.241 e. The maximum atomic E-state index is 12.1. The normalized spacial score (nSPS) is 11.7. The Morgan fingerprint density at radius 2 is 1.65 bits per heavy atom. The fraction of sp³-hybridized carbons (Fsp3) is 0.308. The number of Topliss-reactive ketones (excluding diaryl/α,β-unsaturated/α-hetero) is 1. The standard InChI is InChI=1S/C13H14N2O2/c1-13(2,3)11(16)10-12(17)15-9-7-5-4-6-8(9)14-10/h4-7H,1-3H3,(H,15,17). The van der Waals surface area contributed by atoms with Gasteiger partial charge in [-0.1, -0.05) is 32.9 Å². The molecule has 0 aliphatic heterocycles. The summed E-state index contributed by atoms with van der Waals surface area (Å²) in [5, 5.41) is 9.75. The molecule has 88 valence electrons. The quantitative estimate of drug-likeness (QED) is 0.765. The number of ketones is 1. The second-order valence-electron chi connectivity index (χ2n) is 4.96. The van der Waals surface area contributed by atoms with Crippen molar-refractivity contribution in [3.63, 3.8) is 0 Å². The van der Waals surface area contributed by atoms with Crippen molar-refractivity contribution in [1.82, 2.24) is 9.97 Å². The first-order valence-corrected chi connectivity index (χ1v) is 5.40. The van der Waals surface area contributed by atoms with Gasteiger partial charge in [0.1, 0.15) is 0 Å². The van der Waals surface area contributed by atoms with Gasteiger partial charge in [0.05, 0.1) is 11.0 Å². The van der Waals surface area contributed by atoms with Gasteiger partial charge in [-0.25, -0.2) is 9.97 Å². The van der Waals surface area contributed by atoms with Crippen LogP contribution < -0.4 is 0 Å². The zero-order valence-electron chi connectivity index (χ0n) is 10.1. The van der Waals surface area contributed by atoms with Crippen molar-refractivity contribution < 1.29 is 9.90 Å². The third-order valence-electron chi connectivity index (χ3n) is 2.45. The summed E-state index contributed by atoms with van der Waals surface area (Å²) in [6.07, 6.45) is 0. The van der Waals surface area contributed by atoms with Gasteiger partial charge in [-0.15, -0.1) is 0 Å². The van der Waals surface area contributed by atoms with E-state index in [-0.39, 0.29) is 17.4 Å². The summed E-state index contributed by atoms with van der Waals surface area (Å²) >= 11 is 0. The Bertz CT molecular complexity index is 585. The molecule has 1 N–H and O–H groups in total. The summed E-state index contributed by atoms with van der Waals surface area (Å²) in [7, 11) is 0. The number of para-hydroxylation sites is 2. The molecule has 4 heteroatoms. The van der Waals surface area contributed by atoms with Crippen LogP contribution in [-0.4, -0.2) is 20.9 Å². The first kappa shape index (κ1) is 11.5. The Kier molecular flexibility index (Phi) is 2.58. The Balaban J connectivity index is 2.63. The average Bonchev–Trinajstić information content (AvgIpc) is 2.26. The zero-order chi connectivity index (χ0) is 12.6. The van der Waals surface area contributed by atoms with Gasteiger partial charge in [-0.3, -0.25) is 4.79 Å². The lowest BCUT2D eigenvalue weighted by Gasteiger charge is -2.16. The summed E-state index contributed by atoms with van der Waals surface area (Å²) in [6, 6.07) is 7.13. The van der Waals surface area contributed by atoms with E-state index in [1.165, 1.54) is 0 Å². The summed E-state index contributed by atoms with van der Waals surface area (Å²) < 4.78 is 0. The topological polar surface area (TPSA) is 63.1 Å². The minimum atomic E-state index is -0.589. The van der Waals surface area contributed by atoms with E-state index in [4.69, 9.17) is 0 Å². The van der Waals surface area contributed by atoms with Gasteiger partial charge >= 0.3 is 0 Å². The molecule has 0 amide bonds. The van der Waals surface area contributed by atoms with Gasteiger partial charge in [-0.2, -0.15) is 0 Å². The highest BCUT2D eigenvalue weighted by Gasteiger charge is 2.27. The molecule has 0 bridgehead atoms. The molecule has 0 aliphatic rings. The zero-order valence-corrected chi connectivity index (χ0v) is 10.1. The molecule has 0 atom stereocenters. The molecule has 0 aliphatic carbocycles. The second-order valence-corrected chi connectivity index (χ2v) is 4.96. The largest absolute Gasteiger partial charge is 0.492 e. The molecule has 2 aromatic rings. The number of hydrogen-bond acceptors (Lipinski definition) is 4. The highest BCUT2D eigenvalue weighted by molar-refractivity contribution is 6.01. The molecule has 0 radical (unpaired) electrons. The van der Waals surface area contributed by atoms with Crippen LogP contribution in [0.1, 0.15) is 31.3 Å². The minimum absolute atomic E-state index is 0.0381. The van der Waals surface area contributed by atoms with E-state index >= 15 is 0 Å². The van der Waals surface area contributed by atoms with E-state index in [1.54, 1.807) is 32.9 Å². The fourth-order valence-corrected chi connectivity index (χ4v) is 1.50. The van der Waals surface area contributed by atoms with E-state index in [0.717, 1.165) is 0 Å². The Labute approximate surface area is 99.3 Å². The number of rotatable bonds is 1. The molecule has 0 unspecified atom stereocenters. The number of carbonyl (C=O) groups is 1. The number of benzene rings is 1. The van der Waals surface area contributed by atoms with Crippen LogP contribution in [0.15, 0.2) is 24.3 Å². The molecule has 1 heterocycles. The number of aromatic hydroxyl groups is 1. The van der Waals surface area contributed by atoms with Gasteiger partial charge in [0.15, 0.2) is 11.5 Å². The fourth-order valence-electron chi connectivity index (χ4n) is 1.50. The van der Waals surface area contributed by atoms with Crippen LogP contribution in [0.2, 0.25) is 0 Å². The van der Waals surface area contributed by atoms with Crippen LogP contribution in [0.3, 0.4) is 0 Å². The minimum Gasteiger partial charge on any atom is -0.492 e. The molecular formula is C13H14N2O2. The highest BCUT2D eigenvalue weighted by Crippen LogP contribution is 2.25. The Morgan fingerprint density at radius 3 is 2.18 bits per heavy atom. The van der Waals surface area contributed by atoms with E-state index in [0.29, 0.717) is 11.0 Å². The molecule has 0 spiro atoms. The summed E-state index contributed by atoms with van der Waals surface area (Å²) in [4.78, 5) is 20.2. The lowest BCUT2D eigenvalue weighted by Crippen LogP contribution is -2.21. The SMILES string of the molecule is CC(C)(C)C(=O)c1nc2ccccc2nc1O. The molecule has 0 saturated heterocycles. The van der Waals surface area contributed by atoms with Crippen LogP contribution >= 0.6 is 0 Å². The first-order chi connectivity index (χ1) is 7.89. The third-order valence-corrected chi connectivity index (χ3v) is 2.45. The second kappa shape index (κ2) is 3.80. The monoisotopic (exact) mass is 230 g/mol. The van der Waals surface area contributed by atoms with Crippen molar-refractivity contribution in [1.29, 1.82) is 0 Å². The van der Waals surface area contributed by atoms with E-state index in [1.807, 2.05) is 12.1 Å². The van der Waals surface area contributed by atoms with Crippen LogP contribution in [0, 0.1) is 5.41 Å². The molecule has 0 saturated carbocycles. The number of nitrogens with zero attached hydrogens (tertiary/aromatic N) is 2. The van der Waals surface area contributed by atoms with Crippen LogP contribution in [0.5, 0.6) is 5.88 Å². The summed E-state index contributed by atoms with van der Waals surface area (Å²) in [5.74, 6) is -0.517. The van der Waals surface area contributed by atoms with Crippen molar-refractivity contribution in [2.45, 2.75) is 20.8 Å². The molecule has 17 heavy (non-hydrogen) atoms. The predicted molar refractivity (Wildman–Crippen MR) is 65.0 cm³/mol. The number of carbonyl (C=O) groups excluding carboxylic acids is 1. The summed E-state index contributed by atoms with van der Waals surface area (Å²) in [6.45, 7) is 5.35. The van der Waals surface area contributed by atoms with E-state index < -0.39 is 5.41 Å². The summed E-state index contributed by atoms with van der Waals surface area (Å²) in [5.41, 5.74) is 0.638. The van der Waals surface area contributed by atoms with Gasteiger partial charge in [-0.05, 0) is 12.1 Å². The van der Waals surface area contributed by atoms with Crippen molar-refractivity contribution >= 4 is 16.8 Å². The van der Waals surface area contributed by atoms with Gasteiger partial charge in [0, 0.05) is 5.41 Å². The maximum absolute atomic E-state index is 12.1. The van der Waals surface area contributed by atoms with Crippen molar-refractivity contribution in [3.8, 4) is 5.88 Å². The Morgan fingerprint density at radius 1 is 1.12 bits per heavy atom. The van der Waals surface area contributed by atoms with E-state index in [2.05, 4.69) is 9.97 Å². The van der Waals surface area contributed by atoms with Crippen molar-refractivity contribution in [2.75, 3.05) is 0 Å². The van der Waals surface area contributed by atoms with Gasteiger partial charge in [0.25, 0.3) is 0 Å². The van der Waals surface area contributed by atoms with Crippen LogP contribution in [-0.2, 0) is 0 Å². The third kappa shape index (κ3) is 2.11. The highest BCUT2D eigenvalue weighted by atomic mass is 16.3. The molecular weight excluding hydrogens is 216 g/mol. The molecule has 1 aromatic heterocycles. The number of aromatic nitrogens is 2. The van der Waals surface area contributed by atoms with Gasteiger partial charge < -0.3 is 5.11 Å². The van der Waals surface area contributed by atoms with E-state index in [9.17, 15) is 9.90 Å². The van der Waals surface area contributed by atoms with Crippen LogP contribution in [0.25, 0.3) is 11.0 Å². The number of hydrogen-bond donors (Lipinski definition) is 1. The first-order valence-electron chi connectivity index (χ1n) is 5.40. The average molecular weight is 230 g/mol. The van der Waals surface area contributed by atoms with Crippen molar-refractivity contribution in [3.05, 3.63) is 30.0 Å². The van der Waals surface area contributed by atoms with Crippen molar-refractivity contribution in [2.24, 2.45) is 5.41 Å². The predicted octanol–water partition coefficient (Wildman–Crippen LogP) is 2.56. The molecule has 0 fully saturated rings. The molecule has 1 aromatic carbocycles. The number of fused-ring (bicyclic) bond motifs is 1. The maximum Gasteiger partial charge on any atom is 0.241 e. The van der Waals surface area contributed by atoms with Crippen LogP contribution in [0.4, 0.5) is 0 Å². The van der Waals surface area contributed by atoms with Gasteiger partial charge in [0.2, 0.25) is 5.88 Å². The lowest BCUT2D eigenvalue weighted by molar-refractivity contribution is 0.0849. The lowest BCUT2D eigenvalue weighted by atomic mass is 9.89.